The maximum absolute atomic E-state index is 13.8. The molecule has 0 radical (unpaired) electrons. The van der Waals surface area contributed by atoms with E-state index in [1.165, 1.54) is 16.8 Å². The zero-order chi connectivity index (χ0) is 22.1. The van der Waals surface area contributed by atoms with Crippen LogP contribution in [0, 0.1) is 5.82 Å². The van der Waals surface area contributed by atoms with Gasteiger partial charge >= 0.3 is 0 Å². The number of aromatic nitrogens is 4. The van der Waals surface area contributed by atoms with E-state index < -0.39 is 6.17 Å². The molecule has 4 rings (SSSR count). The van der Waals surface area contributed by atoms with Crippen LogP contribution in [0.15, 0.2) is 30.6 Å². The number of anilines is 2. The standard InChI is InChI=1S/C21H25F2N7O/c1-12(3-5-16-6-4-14(22)10-25-16)26-21(31)18-19(24)28-30-8-7-17(27-20(18)30)29-11-15(23)9-13(29)2/h4,6-8,10,12-13,15H,3,5,9,11H2,1-2H3,(H2,24,28)(H,26,31)/t12-,13+,15+/m0/s1. The van der Waals surface area contributed by atoms with Crippen LogP contribution >= 0.6 is 0 Å². The maximum atomic E-state index is 13.8. The number of rotatable bonds is 6. The molecule has 0 aliphatic carbocycles. The number of pyridine rings is 1. The molecule has 3 aromatic rings. The van der Waals surface area contributed by atoms with Gasteiger partial charge in [-0.2, -0.15) is 0 Å². The Bertz CT molecular complexity index is 1090. The molecule has 1 aliphatic heterocycles. The molecule has 1 fully saturated rings. The van der Waals surface area contributed by atoms with Crippen LogP contribution in [0.5, 0.6) is 0 Å². The Balaban J connectivity index is 1.49. The minimum absolute atomic E-state index is 0.0163. The first kappa shape index (κ1) is 21.0. The van der Waals surface area contributed by atoms with Crippen molar-refractivity contribution < 1.29 is 13.6 Å². The molecule has 164 valence electrons. The van der Waals surface area contributed by atoms with Gasteiger partial charge in [0.1, 0.15) is 23.4 Å². The largest absolute Gasteiger partial charge is 0.381 e. The predicted octanol–water partition coefficient (Wildman–Crippen LogP) is 2.53. The van der Waals surface area contributed by atoms with Crippen LogP contribution in [0.2, 0.25) is 0 Å². The van der Waals surface area contributed by atoms with Gasteiger partial charge in [0.25, 0.3) is 5.91 Å². The smallest absolute Gasteiger partial charge is 0.259 e. The number of carbonyl (C=O) groups is 1. The third-order valence-electron chi connectivity index (χ3n) is 5.54. The molecule has 0 unspecified atom stereocenters. The first-order valence-electron chi connectivity index (χ1n) is 10.3. The normalized spacial score (nSPS) is 19.7. The summed E-state index contributed by atoms with van der Waals surface area (Å²) in [6, 6.07) is 4.57. The average Bonchev–Trinajstić information content (AvgIpc) is 3.24. The fraction of sp³-hybridized carbons (Fsp3) is 0.429. The van der Waals surface area contributed by atoms with Crippen LogP contribution in [0.3, 0.4) is 0 Å². The van der Waals surface area contributed by atoms with E-state index in [1.54, 1.807) is 18.3 Å². The molecular formula is C21H25F2N7O. The zero-order valence-corrected chi connectivity index (χ0v) is 17.4. The first-order chi connectivity index (χ1) is 14.8. The first-order valence-corrected chi connectivity index (χ1v) is 10.3. The molecule has 1 aliphatic rings. The summed E-state index contributed by atoms with van der Waals surface area (Å²) < 4.78 is 28.2. The van der Waals surface area contributed by atoms with Crippen molar-refractivity contribution in [3.05, 3.63) is 47.7 Å². The molecular weight excluding hydrogens is 404 g/mol. The molecule has 0 spiro atoms. The van der Waals surface area contributed by atoms with Crippen LogP contribution in [0.1, 0.15) is 42.7 Å². The monoisotopic (exact) mass is 429 g/mol. The van der Waals surface area contributed by atoms with E-state index in [1.807, 2.05) is 18.7 Å². The topological polar surface area (TPSA) is 101 Å². The molecule has 1 saturated heterocycles. The summed E-state index contributed by atoms with van der Waals surface area (Å²) in [4.78, 5) is 23.4. The lowest BCUT2D eigenvalue weighted by Crippen LogP contribution is -2.33. The van der Waals surface area contributed by atoms with E-state index in [0.717, 1.165) is 5.69 Å². The summed E-state index contributed by atoms with van der Waals surface area (Å²) >= 11 is 0. The predicted molar refractivity (Wildman–Crippen MR) is 113 cm³/mol. The number of halogens is 2. The summed E-state index contributed by atoms with van der Waals surface area (Å²) in [5.74, 6) is -0.0997. The van der Waals surface area contributed by atoms with Crippen molar-refractivity contribution in [1.82, 2.24) is 24.9 Å². The highest BCUT2D eigenvalue weighted by molar-refractivity contribution is 6.04. The van der Waals surface area contributed by atoms with Crippen molar-refractivity contribution in [3.8, 4) is 0 Å². The highest BCUT2D eigenvalue weighted by Gasteiger charge is 2.30. The number of fused-ring (bicyclic) bond motifs is 1. The van der Waals surface area contributed by atoms with Crippen LogP contribution in [0.25, 0.3) is 5.65 Å². The van der Waals surface area contributed by atoms with E-state index in [0.29, 0.717) is 30.7 Å². The fourth-order valence-corrected chi connectivity index (χ4v) is 3.89. The molecule has 0 bridgehead atoms. The van der Waals surface area contributed by atoms with Crippen molar-refractivity contribution in [3.63, 3.8) is 0 Å². The molecule has 3 aromatic heterocycles. The Kier molecular flexibility index (Phi) is 5.71. The van der Waals surface area contributed by atoms with Gasteiger partial charge in [0.15, 0.2) is 11.5 Å². The van der Waals surface area contributed by atoms with Gasteiger partial charge in [-0.05, 0) is 44.9 Å². The Morgan fingerprint density at radius 3 is 2.87 bits per heavy atom. The van der Waals surface area contributed by atoms with E-state index in [9.17, 15) is 13.6 Å². The second-order valence-corrected chi connectivity index (χ2v) is 8.03. The SMILES string of the molecule is C[C@@H]1C[C@@H](F)CN1c1ccn2nc(N)c(C(=O)N[C@@H](C)CCc3ccc(F)cn3)c2n1. The minimum Gasteiger partial charge on any atom is -0.381 e. The summed E-state index contributed by atoms with van der Waals surface area (Å²) in [6.07, 6.45) is 3.60. The Morgan fingerprint density at radius 2 is 2.19 bits per heavy atom. The van der Waals surface area contributed by atoms with Gasteiger partial charge in [0.2, 0.25) is 0 Å². The lowest BCUT2D eigenvalue weighted by Gasteiger charge is -2.22. The number of nitrogen functional groups attached to an aromatic ring is 1. The third kappa shape index (κ3) is 4.42. The lowest BCUT2D eigenvalue weighted by molar-refractivity contribution is 0.0940. The van der Waals surface area contributed by atoms with Crippen molar-refractivity contribution in [2.24, 2.45) is 0 Å². The second-order valence-electron chi connectivity index (χ2n) is 8.03. The highest BCUT2D eigenvalue weighted by Crippen LogP contribution is 2.27. The Morgan fingerprint density at radius 1 is 1.39 bits per heavy atom. The average molecular weight is 429 g/mol. The molecule has 4 heterocycles. The number of nitrogens with two attached hydrogens (primary N) is 1. The van der Waals surface area contributed by atoms with E-state index >= 15 is 0 Å². The van der Waals surface area contributed by atoms with Gasteiger partial charge in [0, 0.05) is 30.4 Å². The molecule has 3 atom stereocenters. The number of carbonyl (C=O) groups excluding carboxylic acids is 1. The van der Waals surface area contributed by atoms with E-state index in [2.05, 4.69) is 20.4 Å². The van der Waals surface area contributed by atoms with Gasteiger partial charge in [-0.25, -0.2) is 18.3 Å². The molecule has 1 amide bonds. The molecule has 3 N–H and O–H groups in total. The van der Waals surface area contributed by atoms with Gasteiger partial charge in [0.05, 0.1) is 12.7 Å². The zero-order valence-electron chi connectivity index (χ0n) is 17.4. The van der Waals surface area contributed by atoms with Crippen molar-refractivity contribution in [2.75, 3.05) is 17.2 Å². The maximum Gasteiger partial charge on any atom is 0.259 e. The van der Waals surface area contributed by atoms with Crippen molar-refractivity contribution >= 4 is 23.2 Å². The van der Waals surface area contributed by atoms with Crippen molar-refractivity contribution in [2.45, 2.75) is 51.4 Å². The van der Waals surface area contributed by atoms with Crippen LogP contribution in [0.4, 0.5) is 20.4 Å². The summed E-state index contributed by atoms with van der Waals surface area (Å²) in [7, 11) is 0. The van der Waals surface area contributed by atoms with E-state index in [-0.39, 0.29) is 41.7 Å². The van der Waals surface area contributed by atoms with Crippen molar-refractivity contribution in [1.29, 1.82) is 0 Å². The molecule has 31 heavy (non-hydrogen) atoms. The van der Waals surface area contributed by atoms with Gasteiger partial charge in [-0.1, -0.05) is 0 Å². The molecule has 0 saturated carbocycles. The number of alkyl halides is 1. The summed E-state index contributed by atoms with van der Waals surface area (Å²) in [6.45, 7) is 4.08. The molecule has 8 nitrogen and oxygen atoms in total. The highest BCUT2D eigenvalue weighted by atomic mass is 19.1. The Hall–Kier alpha value is -3.30. The second kappa shape index (κ2) is 8.44. The lowest BCUT2D eigenvalue weighted by atomic mass is 10.1. The number of hydrogen-bond acceptors (Lipinski definition) is 6. The quantitative estimate of drug-likeness (QED) is 0.625. The minimum atomic E-state index is -0.901. The van der Waals surface area contributed by atoms with Gasteiger partial charge in [-0.3, -0.25) is 9.78 Å². The fourth-order valence-electron chi connectivity index (χ4n) is 3.89. The number of amides is 1. The van der Waals surface area contributed by atoms with Crippen LogP contribution in [-0.2, 0) is 6.42 Å². The third-order valence-corrected chi connectivity index (χ3v) is 5.54. The van der Waals surface area contributed by atoms with Crippen LogP contribution in [-0.4, -0.2) is 50.3 Å². The summed E-state index contributed by atoms with van der Waals surface area (Å²) in [5.41, 5.74) is 7.28. The Labute approximate surface area is 178 Å². The molecule has 0 aromatic carbocycles. The number of hydrogen-bond donors (Lipinski definition) is 2. The van der Waals surface area contributed by atoms with Crippen LogP contribution < -0.4 is 16.0 Å². The van der Waals surface area contributed by atoms with Gasteiger partial charge < -0.3 is 16.0 Å². The van der Waals surface area contributed by atoms with E-state index in [4.69, 9.17) is 5.73 Å². The summed E-state index contributed by atoms with van der Waals surface area (Å²) in [5, 5.41) is 7.09. The van der Waals surface area contributed by atoms with Gasteiger partial charge in [-0.15, -0.1) is 5.10 Å². The number of nitrogens with zero attached hydrogens (tertiary/aromatic N) is 5. The molecule has 10 heteroatoms. The number of nitrogens with one attached hydrogen (secondary N) is 1. The number of aryl methyl sites for hydroxylation is 1.